The molecule has 2 aliphatic rings. The number of H-pyrrole nitrogens is 1. The lowest BCUT2D eigenvalue weighted by Gasteiger charge is -2.44. The van der Waals surface area contributed by atoms with E-state index in [1.807, 2.05) is 48.5 Å². The minimum atomic E-state index is -0.487. The van der Waals surface area contributed by atoms with Gasteiger partial charge in [0.25, 0.3) is 5.91 Å². The van der Waals surface area contributed by atoms with E-state index in [-0.39, 0.29) is 17.9 Å². The van der Waals surface area contributed by atoms with E-state index in [4.69, 9.17) is 0 Å². The number of fused-ring (bicyclic) bond motifs is 1. The molecule has 2 amide bonds. The quantitative estimate of drug-likeness (QED) is 0.528. The van der Waals surface area contributed by atoms with Crippen LogP contribution >= 0.6 is 0 Å². The number of carbonyl (C=O) groups excluding carboxylic acids is 2. The van der Waals surface area contributed by atoms with Gasteiger partial charge >= 0.3 is 0 Å². The van der Waals surface area contributed by atoms with Crippen LogP contribution in [-0.4, -0.2) is 59.6 Å². The zero-order chi connectivity index (χ0) is 23.7. The zero-order valence-electron chi connectivity index (χ0n) is 19.9. The highest BCUT2D eigenvalue weighted by Gasteiger charge is 2.50. The van der Waals surface area contributed by atoms with Gasteiger partial charge in [-0.05, 0) is 43.0 Å². The predicted molar refractivity (Wildman–Crippen MR) is 135 cm³/mol. The van der Waals surface area contributed by atoms with Crippen molar-refractivity contribution in [3.05, 3.63) is 66.4 Å². The molecule has 34 heavy (non-hydrogen) atoms. The molecule has 5 rings (SSSR count). The molecule has 0 bridgehead atoms. The van der Waals surface area contributed by atoms with Crippen molar-refractivity contribution in [3.8, 4) is 0 Å². The molecule has 2 saturated heterocycles. The Labute approximate surface area is 200 Å². The molecule has 1 spiro atoms. The van der Waals surface area contributed by atoms with E-state index in [0.717, 1.165) is 49.1 Å². The van der Waals surface area contributed by atoms with Crippen LogP contribution in [0.2, 0.25) is 0 Å². The second-order valence-corrected chi connectivity index (χ2v) is 9.85. The predicted octanol–water partition coefficient (Wildman–Crippen LogP) is 3.35. The van der Waals surface area contributed by atoms with E-state index in [9.17, 15) is 9.59 Å². The van der Waals surface area contributed by atoms with Crippen molar-refractivity contribution in [1.82, 2.24) is 20.5 Å². The Morgan fingerprint density at radius 2 is 1.76 bits per heavy atom. The van der Waals surface area contributed by atoms with Gasteiger partial charge < -0.3 is 25.4 Å². The smallest absolute Gasteiger partial charge is 0.267 e. The van der Waals surface area contributed by atoms with Crippen LogP contribution in [0.3, 0.4) is 0 Å². The minimum absolute atomic E-state index is 0.0237. The topological polar surface area (TPSA) is 80.5 Å². The number of anilines is 1. The number of piperidine rings is 1. The molecule has 0 radical (unpaired) electrons. The van der Waals surface area contributed by atoms with Gasteiger partial charge in [0.05, 0.1) is 6.67 Å². The van der Waals surface area contributed by atoms with Crippen molar-refractivity contribution < 1.29 is 9.59 Å². The number of carbonyl (C=O) groups is 2. The highest BCUT2D eigenvalue weighted by molar-refractivity contribution is 5.98. The Balaban J connectivity index is 1.24. The summed E-state index contributed by atoms with van der Waals surface area (Å²) < 4.78 is 0. The summed E-state index contributed by atoms with van der Waals surface area (Å²) in [6, 6.07) is 20.0. The Hall–Kier alpha value is -3.32. The maximum Gasteiger partial charge on any atom is 0.267 e. The van der Waals surface area contributed by atoms with Crippen LogP contribution < -0.4 is 15.5 Å². The average molecular weight is 460 g/mol. The maximum atomic E-state index is 13.0. The van der Waals surface area contributed by atoms with Gasteiger partial charge in [-0.2, -0.15) is 0 Å². The van der Waals surface area contributed by atoms with E-state index in [2.05, 4.69) is 51.4 Å². The number of benzene rings is 2. The summed E-state index contributed by atoms with van der Waals surface area (Å²) in [4.78, 5) is 33.8. The molecular formula is C27H33N5O2. The number of para-hydroxylation sites is 2. The lowest BCUT2D eigenvalue weighted by atomic mass is 9.85. The van der Waals surface area contributed by atoms with E-state index in [1.165, 1.54) is 0 Å². The van der Waals surface area contributed by atoms with E-state index in [0.29, 0.717) is 18.3 Å². The fourth-order valence-electron chi connectivity index (χ4n) is 5.28. The molecule has 3 heterocycles. The van der Waals surface area contributed by atoms with Crippen LogP contribution in [0.25, 0.3) is 10.9 Å². The number of amides is 2. The Morgan fingerprint density at radius 1 is 1.06 bits per heavy atom. The summed E-state index contributed by atoms with van der Waals surface area (Å²) in [7, 11) is 0. The number of rotatable bonds is 6. The second-order valence-electron chi connectivity index (χ2n) is 9.85. The summed E-state index contributed by atoms with van der Waals surface area (Å²) in [6.45, 7) is 7.25. The third-order valence-electron chi connectivity index (χ3n) is 7.44. The molecule has 0 unspecified atom stereocenters. The number of aromatic nitrogens is 1. The molecule has 0 saturated carbocycles. The van der Waals surface area contributed by atoms with Gasteiger partial charge in [0.2, 0.25) is 5.91 Å². The molecule has 2 aromatic carbocycles. The molecule has 7 nitrogen and oxygen atoms in total. The van der Waals surface area contributed by atoms with Crippen molar-refractivity contribution in [2.24, 2.45) is 5.92 Å². The first-order valence-corrected chi connectivity index (χ1v) is 12.2. The number of aromatic amines is 1. The number of nitrogens with one attached hydrogen (secondary N) is 3. The SMILES string of the molecule is CC(C)[C@@H](CN1CCC2(CC1)C(=O)NCN2c1ccccc1)NC(=O)c1cc2ccccc2[nH]1. The van der Waals surface area contributed by atoms with E-state index >= 15 is 0 Å². The molecule has 2 aliphatic heterocycles. The number of nitrogens with zero attached hydrogens (tertiary/aromatic N) is 2. The van der Waals surface area contributed by atoms with Crippen molar-refractivity contribution in [2.45, 2.75) is 38.3 Å². The number of hydrogen-bond acceptors (Lipinski definition) is 4. The maximum absolute atomic E-state index is 13.0. The fraction of sp³-hybridized carbons (Fsp3) is 0.407. The van der Waals surface area contributed by atoms with Gasteiger partial charge in [0.15, 0.2) is 0 Å². The van der Waals surface area contributed by atoms with Crippen LogP contribution in [0.4, 0.5) is 5.69 Å². The van der Waals surface area contributed by atoms with Crippen molar-refractivity contribution in [1.29, 1.82) is 0 Å². The standard InChI is InChI=1S/C27H33N5O2/c1-19(2)24(30-25(33)23-16-20-8-6-7-11-22(20)29-23)17-31-14-12-27(13-15-31)26(34)28-18-32(27)21-9-4-3-5-10-21/h3-11,16,19,24,29H,12-15,17-18H2,1-2H3,(H,28,34)(H,30,33)/t24-/m1/s1. The third kappa shape index (κ3) is 4.16. The first-order valence-electron chi connectivity index (χ1n) is 12.2. The van der Waals surface area contributed by atoms with Crippen LogP contribution in [-0.2, 0) is 4.79 Å². The third-order valence-corrected chi connectivity index (χ3v) is 7.44. The van der Waals surface area contributed by atoms with Gasteiger partial charge in [-0.15, -0.1) is 0 Å². The van der Waals surface area contributed by atoms with Gasteiger partial charge in [-0.1, -0.05) is 50.2 Å². The van der Waals surface area contributed by atoms with E-state index in [1.54, 1.807) is 0 Å². The largest absolute Gasteiger partial charge is 0.351 e. The van der Waals surface area contributed by atoms with Crippen LogP contribution in [0.5, 0.6) is 0 Å². The fourth-order valence-corrected chi connectivity index (χ4v) is 5.28. The summed E-state index contributed by atoms with van der Waals surface area (Å²) in [5, 5.41) is 7.34. The lowest BCUT2D eigenvalue weighted by molar-refractivity contribution is -0.125. The molecule has 178 valence electrons. The second kappa shape index (κ2) is 9.14. The monoisotopic (exact) mass is 459 g/mol. The van der Waals surface area contributed by atoms with Crippen LogP contribution in [0, 0.1) is 5.92 Å². The molecular weight excluding hydrogens is 426 g/mol. The number of likely N-dealkylation sites (tertiary alicyclic amines) is 1. The molecule has 7 heteroatoms. The van der Waals surface area contributed by atoms with Gasteiger partial charge in [-0.25, -0.2) is 0 Å². The molecule has 3 aromatic rings. The summed E-state index contributed by atoms with van der Waals surface area (Å²) in [5.74, 6) is 0.345. The molecule has 1 aromatic heterocycles. The normalized spacial score (nSPS) is 19.0. The summed E-state index contributed by atoms with van der Waals surface area (Å²) >= 11 is 0. The first-order chi connectivity index (χ1) is 16.5. The minimum Gasteiger partial charge on any atom is -0.351 e. The van der Waals surface area contributed by atoms with Crippen LogP contribution in [0.15, 0.2) is 60.7 Å². The van der Waals surface area contributed by atoms with Gasteiger partial charge in [-0.3, -0.25) is 9.59 Å². The van der Waals surface area contributed by atoms with E-state index < -0.39 is 5.54 Å². The molecule has 1 atom stereocenters. The zero-order valence-corrected chi connectivity index (χ0v) is 19.9. The average Bonchev–Trinajstić information content (AvgIpc) is 3.42. The summed E-state index contributed by atoms with van der Waals surface area (Å²) in [5.41, 5.74) is 2.15. The Bertz CT molecular complexity index is 1130. The van der Waals surface area contributed by atoms with Crippen molar-refractivity contribution in [2.75, 3.05) is 31.2 Å². The molecule has 2 fully saturated rings. The van der Waals surface area contributed by atoms with Gasteiger partial charge in [0.1, 0.15) is 11.2 Å². The molecule has 3 N–H and O–H groups in total. The van der Waals surface area contributed by atoms with Crippen LogP contribution in [0.1, 0.15) is 37.2 Å². The molecule has 0 aliphatic carbocycles. The van der Waals surface area contributed by atoms with Crippen molar-refractivity contribution in [3.63, 3.8) is 0 Å². The first kappa shape index (κ1) is 22.5. The number of hydrogen-bond donors (Lipinski definition) is 3. The van der Waals surface area contributed by atoms with Gasteiger partial charge in [0, 0.05) is 42.3 Å². The Kier molecular flexibility index (Phi) is 6.04. The van der Waals surface area contributed by atoms with Crippen molar-refractivity contribution >= 4 is 28.4 Å². The highest BCUT2D eigenvalue weighted by Crippen LogP contribution is 2.36. The lowest BCUT2D eigenvalue weighted by Crippen LogP contribution is -2.58. The summed E-state index contributed by atoms with van der Waals surface area (Å²) in [6.07, 6.45) is 1.54. The highest BCUT2D eigenvalue weighted by atomic mass is 16.2. The Morgan fingerprint density at radius 3 is 2.47 bits per heavy atom.